The number of rotatable bonds is 6. The van der Waals surface area contributed by atoms with E-state index in [4.69, 9.17) is 5.26 Å². The van der Waals surface area contributed by atoms with E-state index >= 15 is 0 Å². The van der Waals surface area contributed by atoms with Crippen LogP contribution in [0.5, 0.6) is 0 Å². The van der Waals surface area contributed by atoms with Gasteiger partial charge in [-0.25, -0.2) is 4.68 Å². The lowest BCUT2D eigenvalue weighted by molar-refractivity contribution is 0.335. The highest BCUT2D eigenvalue weighted by Gasteiger charge is 2.15. The number of nitriles is 1. The van der Waals surface area contributed by atoms with Crippen molar-refractivity contribution >= 4 is 0 Å². The molecule has 0 spiro atoms. The van der Waals surface area contributed by atoms with Crippen LogP contribution in [0.15, 0.2) is 0 Å². The summed E-state index contributed by atoms with van der Waals surface area (Å²) in [4.78, 5) is 0. The molecular weight excluding hydrogens is 226 g/mol. The summed E-state index contributed by atoms with van der Waals surface area (Å²) in [6, 6.07) is 2.15. The Morgan fingerprint density at radius 3 is 2.89 bits per heavy atom. The Morgan fingerprint density at radius 1 is 1.28 bits per heavy atom. The van der Waals surface area contributed by atoms with Crippen molar-refractivity contribution in [2.45, 2.75) is 64.3 Å². The molecule has 2 rings (SSSR count). The average Bonchev–Trinajstić information content (AvgIpc) is 2.86. The van der Waals surface area contributed by atoms with E-state index in [0.717, 1.165) is 31.1 Å². The maximum atomic E-state index is 8.53. The number of hydrogen-bond donors (Lipinski definition) is 0. The molecule has 98 valence electrons. The number of aromatic nitrogens is 4. The Bertz CT molecular complexity index is 386. The normalized spacial score (nSPS) is 16.6. The summed E-state index contributed by atoms with van der Waals surface area (Å²) in [5, 5.41) is 20.4. The lowest BCUT2D eigenvalue weighted by atomic mass is 9.86. The third-order valence-corrected chi connectivity index (χ3v) is 3.77. The van der Waals surface area contributed by atoms with Crippen molar-refractivity contribution in [1.29, 1.82) is 5.26 Å². The van der Waals surface area contributed by atoms with Crippen molar-refractivity contribution in [3.8, 4) is 6.07 Å². The van der Waals surface area contributed by atoms with Gasteiger partial charge in [-0.1, -0.05) is 32.1 Å². The van der Waals surface area contributed by atoms with E-state index in [1.807, 2.05) is 4.68 Å². The zero-order valence-corrected chi connectivity index (χ0v) is 10.9. The lowest BCUT2D eigenvalue weighted by Gasteiger charge is -2.20. The summed E-state index contributed by atoms with van der Waals surface area (Å²) >= 11 is 0. The maximum Gasteiger partial charge on any atom is 0.151 e. The fourth-order valence-electron chi connectivity index (χ4n) is 2.69. The number of hydrogen-bond acceptors (Lipinski definition) is 4. The van der Waals surface area contributed by atoms with Crippen molar-refractivity contribution in [3.05, 3.63) is 5.82 Å². The van der Waals surface area contributed by atoms with Gasteiger partial charge in [0, 0.05) is 19.4 Å². The molecule has 1 heterocycles. The SMILES string of the molecule is N#CCCCn1nnnc1CCC1CCCCC1. The first kappa shape index (κ1) is 13.0. The molecule has 0 bridgehead atoms. The molecule has 1 fully saturated rings. The molecule has 1 aromatic heterocycles. The number of aryl methyl sites for hydroxylation is 2. The minimum absolute atomic E-state index is 0.571. The van der Waals surface area contributed by atoms with E-state index in [1.54, 1.807) is 0 Å². The molecule has 1 aliphatic carbocycles. The van der Waals surface area contributed by atoms with Crippen molar-refractivity contribution in [2.24, 2.45) is 5.92 Å². The smallest absolute Gasteiger partial charge is 0.151 e. The molecule has 0 radical (unpaired) electrons. The molecule has 0 aromatic carbocycles. The summed E-state index contributed by atoms with van der Waals surface area (Å²) in [7, 11) is 0. The zero-order chi connectivity index (χ0) is 12.6. The largest absolute Gasteiger partial charge is 0.230 e. The molecule has 18 heavy (non-hydrogen) atoms. The van der Waals surface area contributed by atoms with Gasteiger partial charge >= 0.3 is 0 Å². The number of nitrogens with zero attached hydrogens (tertiary/aromatic N) is 5. The van der Waals surface area contributed by atoms with Crippen molar-refractivity contribution in [3.63, 3.8) is 0 Å². The molecule has 5 nitrogen and oxygen atoms in total. The topological polar surface area (TPSA) is 67.4 Å². The maximum absolute atomic E-state index is 8.53. The Hall–Kier alpha value is -1.44. The van der Waals surface area contributed by atoms with E-state index in [2.05, 4.69) is 21.6 Å². The second-order valence-corrected chi connectivity index (χ2v) is 5.12. The zero-order valence-electron chi connectivity index (χ0n) is 10.9. The van der Waals surface area contributed by atoms with E-state index in [9.17, 15) is 0 Å². The Morgan fingerprint density at radius 2 is 2.11 bits per heavy atom. The fourth-order valence-corrected chi connectivity index (χ4v) is 2.69. The van der Waals surface area contributed by atoms with E-state index in [1.165, 1.54) is 38.5 Å². The van der Waals surface area contributed by atoms with Gasteiger partial charge in [0.2, 0.25) is 0 Å². The van der Waals surface area contributed by atoms with Gasteiger partial charge in [0.1, 0.15) is 0 Å². The van der Waals surface area contributed by atoms with Gasteiger partial charge in [-0.3, -0.25) is 0 Å². The highest BCUT2D eigenvalue weighted by molar-refractivity contribution is 4.83. The minimum atomic E-state index is 0.571. The third-order valence-electron chi connectivity index (χ3n) is 3.77. The average molecular weight is 247 g/mol. The van der Waals surface area contributed by atoms with Gasteiger partial charge in [-0.15, -0.1) is 5.10 Å². The Kier molecular flexibility index (Phi) is 5.13. The van der Waals surface area contributed by atoms with E-state index < -0.39 is 0 Å². The van der Waals surface area contributed by atoms with Gasteiger partial charge in [0.25, 0.3) is 0 Å². The quantitative estimate of drug-likeness (QED) is 0.724. The van der Waals surface area contributed by atoms with Gasteiger partial charge in [0.05, 0.1) is 6.07 Å². The monoisotopic (exact) mass is 247 g/mol. The third kappa shape index (κ3) is 3.80. The summed E-state index contributed by atoms with van der Waals surface area (Å²) in [5.74, 6) is 1.85. The first-order valence-corrected chi connectivity index (χ1v) is 7.02. The van der Waals surface area contributed by atoms with Gasteiger partial charge in [0.15, 0.2) is 5.82 Å². The molecule has 1 aliphatic rings. The lowest BCUT2D eigenvalue weighted by Crippen LogP contribution is -2.11. The summed E-state index contributed by atoms with van der Waals surface area (Å²) in [6.45, 7) is 0.764. The minimum Gasteiger partial charge on any atom is -0.230 e. The van der Waals surface area contributed by atoms with Crippen LogP contribution in [0.25, 0.3) is 0 Å². The summed E-state index contributed by atoms with van der Waals surface area (Å²) in [5.41, 5.74) is 0. The van der Waals surface area contributed by atoms with Crippen LogP contribution in [0.1, 0.15) is 57.2 Å². The highest BCUT2D eigenvalue weighted by Crippen LogP contribution is 2.27. The van der Waals surface area contributed by atoms with Crippen LogP contribution in [-0.4, -0.2) is 20.2 Å². The highest BCUT2D eigenvalue weighted by atomic mass is 15.5. The predicted octanol–water partition coefficient (Wildman–Crippen LogP) is 2.49. The predicted molar refractivity (Wildman–Crippen MR) is 67.6 cm³/mol. The van der Waals surface area contributed by atoms with Crippen LogP contribution in [0.2, 0.25) is 0 Å². The molecule has 0 saturated heterocycles. The van der Waals surface area contributed by atoms with Gasteiger partial charge < -0.3 is 0 Å². The molecule has 1 aromatic rings. The van der Waals surface area contributed by atoms with Crippen LogP contribution in [0.3, 0.4) is 0 Å². The molecule has 0 unspecified atom stereocenters. The van der Waals surface area contributed by atoms with Crippen LogP contribution in [0, 0.1) is 17.2 Å². The van der Waals surface area contributed by atoms with E-state index in [-0.39, 0.29) is 0 Å². The summed E-state index contributed by atoms with van der Waals surface area (Å²) < 4.78 is 1.86. The van der Waals surface area contributed by atoms with Gasteiger partial charge in [-0.2, -0.15) is 5.26 Å². The molecular formula is C13H21N5. The van der Waals surface area contributed by atoms with E-state index in [0.29, 0.717) is 6.42 Å². The Balaban J connectivity index is 1.78. The van der Waals surface area contributed by atoms with Crippen LogP contribution in [0.4, 0.5) is 0 Å². The number of unbranched alkanes of at least 4 members (excludes halogenated alkanes) is 1. The standard InChI is InChI=1S/C13H21N5/c14-10-4-5-11-18-13(15-16-17-18)9-8-12-6-2-1-3-7-12/h12H,1-9,11H2. The van der Waals surface area contributed by atoms with Crippen LogP contribution < -0.4 is 0 Å². The second kappa shape index (κ2) is 7.10. The van der Waals surface area contributed by atoms with Crippen molar-refractivity contribution in [2.75, 3.05) is 0 Å². The first-order valence-electron chi connectivity index (χ1n) is 7.02. The Labute approximate surface area is 108 Å². The second-order valence-electron chi connectivity index (χ2n) is 5.12. The molecule has 1 saturated carbocycles. The van der Waals surface area contributed by atoms with Crippen molar-refractivity contribution < 1.29 is 0 Å². The van der Waals surface area contributed by atoms with Crippen molar-refractivity contribution in [1.82, 2.24) is 20.2 Å². The summed E-state index contributed by atoms with van der Waals surface area (Å²) in [6.07, 6.45) is 10.5. The first-order chi connectivity index (χ1) is 8.90. The number of tetrazole rings is 1. The van der Waals surface area contributed by atoms with Gasteiger partial charge in [-0.05, 0) is 29.2 Å². The molecule has 0 aliphatic heterocycles. The van der Waals surface area contributed by atoms with Crippen LogP contribution in [-0.2, 0) is 13.0 Å². The molecule has 0 N–H and O–H groups in total. The molecule has 0 atom stereocenters. The fraction of sp³-hybridized carbons (Fsp3) is 0.846. The van der Waals surface area contributed by atoms with Crippen LogP contribution >= 0.6 is 0 Å². The molecule has 0 amide bonds. The molecule has 5 heteroatoms.